The number of allylic oxidation sites excluding steroid dienone is 5. The second-order valence-electron chi connectivity index (χ2n) is 12.5. The first kappa shape index (κ1) is 27.7. The Kier molecular flexibility index (Phi) is 6.27. The number of imidazole rings is 1. The van der Waals surface area contributed by atoms with Crippen LogP contribution in [0.5, 0.6) is 0 Å². The van der Waals surface area contributed by atoms with Crippen LogP contribution in [0.4, 0.5) is 11.5 Å². The molecule has 0 atom stereocenters. The maximum atomic E-state index is 5.67. The molecule has 7 heterocycles. The van der Waals surface area contributed by atoms with Crippen LogP contribution in [-0.2, 0) is 6.42 Å². The number of nitrogens with zero attached hydrogens (tertiary/aromatic N) is 7. The molecule has 49 heavy (non-hydrogen) atoms. The molecule has 1 N–H and O–H groups in total. The van der Waals surface area contributed by atoms with Gasteiger partial charge in [-0.05, 0) is 48.8 Å². The minimum Gasteiger partial charge on any atom is -0.344 e. The van der Waals surface area contributed by atoms with Crippen molar-refractivity contribution >= 4 is 49.9 Å². The predicted octanol–water partition coefficient (Wildman–Crippen LogP) is 8.53. The molecule has 0 unspecified atom stereocenters. The number of hydrogen-bond acceptors (Lipinski definition) is 7. The summed E-state index contributed by atoms with van der Waals surface area (Å²) in [7, 11) is 0. The summed E-state index contributed by atoms with van der Waals surface area (Å²) in [5.74, 6) is 1.52. The number of aromatic amines is 1. The van der Waals surface area contributed by atoms with Crippen molar-refractivity contribution < 1.29 is 0 Å². The third-order valence-corrected chi connectivity index (χ3v) is 9.71. The van der Waals surface area contributed by atoms with Crippen molar-refractivity contribution in [3.05, 3.63) is 145 Å². The zero-order valence-corrected chi connectivity index (χ0v) is 26.6. The Labute approximate surface area is 282 Å². The molecule has 3 aliphatic rings. The number of para-hydroxylation sites is 2. The van der Waals surface area contributed by atoms with Crippen molar-refractivity contribution in [2.45, 2.75) is 12.8 Å². The molecule has 10 rings (SSSR count). The molecule has 3 aromatic carbocycles. The average Bonchev–Trinajstić information content (AvgIpc) is 3.65. The van der Waals surface area contributed by atoms with Crippen molar-refractivity contribution in [2.75, 3.05) is 18.0 Å². The van der Waals surface area contributed by atoms with Gasteiger partial charge in [0.25, 0.3) is 0 Å². The number of rotatable bonds is 4. The van der Waals surface area contributed by atoms with Gasteiger partial charge in [0.2, 0.25) is 0 Å². The van der Waals surface area contributed by atoms with E-state index in [0.29, 0.717) is 11.5 Å². The first-order chi connectivity index (χ1) is 24.3. The van der Waals surface area contributed by atoms with Gasteiger partial charge < -0.3 is 14.8 Å². The van der Waals surface area contributed by atoms with E-state index >= 15 is 0 Å². The highest BCUT2D eigenvalue weighted by Crippen LogP contribution is 2.46. The van der Waals surface area contributed by atoms with Crippen LogP contribution in [0.1, 0.15) is 17.5 Å². The zero-order valence-electron chi connectivity index (χ0n) is 26.6. The summed E-state index contributed by atoms with van der Waals surface area (Å²) < 4.78 is 0. The molecule has 0 aliphatic carbocycles. The fourth-order valence-corrected chi connectivity index (χ4v) is 7.47. The molecular formula is C41H30N8. The summed E-state index contributed by atoms with van der Waals surface area (Å²) in [6.07, 6.45) is 18.5. The molecule has 0 saturated carbocycles. The first-order valence-electron chi connectivity index (χ1n) is 16.7. The van der Waals surface area contributed by atoms with E-state index in [2.05, 4.69) is 129 Å². The first-order valence-corrected chi connectivity index (χ1v) is 16.7. The summed E-state index contributed by atoms with van der Waals surface area (Å²) in [4.78, 5) is 33.1. The number of nitrogens with one attached hydrogen (secondary N) is 1. The zero-order chi connectivity index (χ0) is 32.3. The number of benzene rings is 3. The minimum absolute atomic E-state index is 0.612. The largest absolute Gasteiger partial charge is 0.344 e. The Balaban J connectivity index is 1.37. The van der Waals surface area contributed by atoms with E-state index in [1.165, 1.54) is 11.3 Å². The highest BCUT2D eigenvalue weighted by Gasteiger charge is 2.29. The molecule has 0 saturated heterocycles. The third-order valence-electron chi connectivity index (χ3n) is 9.71. The van der Waals surface area contributed by atoms with Gasteiger partial charge in [0, 0.05) is 63.5 Å². The lowest BCUT2D eigenvalue weighted by atomic mass is 9.88. The van der Waals surface area contributed by atoms with Crippen LogP contribution in [-0.4, -0.2) is 47.9 Å². The number of aryl methyl sites for hydroxylation is 1. The van der Waals surface area contributed by atoms with E-state index in [0.717, 1.165) is 92.7 Å². The number of anilines is 2. The van der Waals surface area contributed by atoms with Gasteiger partial charge in [-0.1, -0.05) is 78.9 Å². The quantitative estimate of drug-likeness (QED) is 0.208. The summed E-state index contributed by atoms with van der Waals surface area (Å²) >= 11 is 0. The van der Waals surface area contributed by atoms with Crippen molar-refractivity contribution in [1.82, 2.24) is 34.8 Å². The Hall–Kier alpha value is -6.41. The molecule has 234 valence electrons. The van der Waals surface area contributed by atoms with Crippen molar-refractivity contribution in [3.8, 4) is 22.8 Å². The molecule has 8 nitrogen and oxygen atoms in total. The molecule has 0 bridgehead atoms. The molecule has 0 fully saturated rings. The summed E-state index contributed by atoms with van der Waals surface area (Å²) in [5, 5.41) is 3.16. The van der Waals surface area contributed by atoms with Crippen LogP contribution in [0.15, 0.2) is 134 Å². The summed E-state index contributed by atoms with van der Waals surface area (Å²) in [6, 6.07) is 27.6. The average molecular weight is 635 g/mol. The van der Waals surface area contributed by atoms with Crippen LogP contribution < -0.4 is 4.90 Å². The van der Waals surface area contributed by atoms with Crippen LogP contribution in [0.3, 0.4) is 0 Å². The van der Waals surface area contributed by atoms with Gasteiger partial charge >= 0.3 is 0 Å². The second kappa shape index (κ2) is 11.1. The third kappa shape index (κ3) is 4.48. The molecular weight excluding hydrogens is 605 g/mol. The van der Waals surface area contributed by atoms with Crippen LogP contribution in [0.2, 0.25) is 0 Å². The molecule has 3 aliphatic heterocycles. The van der Waals surface area contributed by atoms with E-state index in [1.54, 1.807) is 6.33 Å². The topological polar surface area (TPSA) is 86.7 Å². The van der Waals surface area contributed by atoms with Crippen LogP contribution in [0.25, 0.3) is 61.2 Å². The monoisotopic (exact) mass is 634 g/mol. The molecule has 0 amide bonds. The Bertz CT molecular complexity index is 2590. The SMILES string of the molecule is C1=CC2=C(c3c(-c4ccc5ccccc5n4)nc(N4CCCc5ccccc54)c4cccc(-c5ncc6[nH]cnc6n5)c34)C=CCN2C=C1. The highest BCUT2D eigenvalue weighted by atomic mass is 15.2. The van der Waals surface area contributed by atoms with Gasteiger partial charge in [0.05, 0.1) is 29.4 Å². The van der Waals surface area contributed by atoms with Crippen LogP contribution in [0, 0.1) is 0 Å². The van der Waals surface area contributed by atoms with E-state index in [4.69, 9.17) is 19.9 Å². The summed E-state index contributed by atoms with van der Waals surface area (Å²) in [6.45, 7) is 1.65. The van der Waals surface area contributed by atoms with E-state index < -0.39 is 0 Å². The van der Waals surface area contributed by atoms with Gasteiger partial charge in [0.15, 0.2) is 11.5 Å². The van der Waals surface area contributed by atoms with E-state index in [1.807, 2.05) is 12.3 Å². The molecule has 4 aromatic heterocycles. The number of pyridine rings is 2. The lowest BCUT2D eigenvalue weighted by Crippen LogP contribution is -2.26. The molecule has 0 radical (unpaired) electrons. The van der Waals surface area contributed by atoms with E-state index in [9.17, 15) is 0 Å². The van der Waals surface area contributed by atoms with Crippen LogP contribution >= 0.6 is 0 Å². The lowest BCUT2D eigenvalue weighted by molar-refractivity contribution is 0.527. The number of aromatic nitrogens is 6. The Morgan fingerprint density at radius 2 is 1.73 bits per heavy atom. The molecule has 7 aromatic rings. The van der Waals surface area contributed by atoms with Gasteiger partial charge in [-0.2, -0.15) is 0 Å². The summed E-state index contributed by atoms with van der Waals surface area (Å²) in [5.41, 5.74) is 10.6. The fraction of sp³-hybridized carbons (Fsp3) is 0.0976. The highest BCUT2D eigenvalue weighted by molar-refractivity contribution is 6.13. The minimum atomic E-state index is 0.612. The lowest BCUT2D eigenvalue weighted by Gasteiger charge is -2.33. The normalized spacial score (nSPS) is 15.4. The smallest absolute Gasteiger partial charge is 0.181 e. The maximum Gasteiger partial charge on any atom is 0.181 e. The van der Waals surface area contributed by atoms with Gasteiger partial charge in [-0.25, -0.2) is 24.9 Å². The maximum absolute atomic E-state index is 5.67. The fourth-order valence-electron chi connectivity index (χ4n) is 7.47. The second-order valence-corrected chi connectivity index (χ2v) is 12.5. The standard InChI is InChI=1S/C41H30N8/c1-3-16-31-26(10-1)19-20-32(45-31)38-37(28-15-9-22-48-21-6-5-18-35(28)48)36-29(39-42-24-33-40(47-39)44-25-43-33)13-7-14-30(36)41(46-38)49-23-8-12-27-11-2-4-17-34(27)49/h1-7,9-11,13-21,24-25H,8,12,22-23H2,(H,42,43,44,47). The predicted molar refractivity (Wildman–Crippen MR) is 196 cm³/mol. The van der Waals surface area contributed by atoms with E-state index in [-0.39, 0.29) is 0 Å². The van der Waals surface area contributed by atoms with Crippen molar-refractivity contribution in [1.29, 1.82) is 0 Å². The van der Waals surface area contributed by atoms with Crippen molar-refractivity contribution in [3.63, 3.8) is 0 Å². The Morgan fingerprint density at radius 1 is 0.796 bits per heavy atom. The molecule has 8 heteroatoms. The number of fused-ring (bicyclic) bond motifs is 5. The molecule has 0 spiro atoms. The number of H-pyrrole nitrogens is 1. The van der Waals surface area contributed by atoms with Gasteiger partial charge in [0.1, 0.15) is 11.3 Å². The Morgan fingerprint density at radius 3 is 2.73 bits per heavy atom. The van der Waals surface area contributed by atoms with Crippen molar-refractivity contribution in [2.24, 2.45) is 0 Å². The van der Waals surface area contributed by atoms with Gasteiger partial charge in [-0.3, -0.25) is 0 Å². The van der Waals surface area contributed by atoms with Gasteiger partial charge in [-0.15, -0.1) is 0 Å². The number of hydrogen-bond donors (Lipinski definition) is 1.